The summed E-state index contributed by atoms with van der Waals surface area (Å²) < 4.78 is 34.3. The van der Waals surface area contributed by atoms with E-state index in [9.17, 15) is 8.78 Å². The van der Waals surface area contributed by atoms with Gasteiger partial charge in [-0.1, -0.05) is 0 Å². The van der Waals surface area contributed by atoms with Gasteiger partial charge in [-0.2, -0.15) is 8.78 Å². The topological polar surface area (TPSA) is 21.7 Å². The fourth-order valence-electron chi connectivity index (χ4n) is 1.81. The van der Waals surface area contributed by atoms with Crippen LogP contribution in [0.1, 0.15) is 27.2 Å². The van der Waals surface area contributed by atoms with Crippen molar-refractivity contribution in [3.05, 3.63) is 0 Å². The van der Waals surface area contributed by atoms with Crippen LogP contribution in [0.2, 0.25) is 0 Å². The highest BCUT2D eigenvalue weighted by Crippen LogP contribution is 2.22. The predicted octanol–water partition coefficient (Wildman–Crippen LogP) is 2.11. The van der Waals surface area contributed by atoms with E-state index in [1.165, 1.54) is 0 Å². The van der Waals surface area contributed by atoms with E-state index in [1.807, 2.05) is 32.7 Å². The van der Waals surface area contributed by atoms with Gasteiger partial charge in [0.15, 0.2) is 0 Å². The smallest absolute Gasteiger partial charge is 0.345 e. The Hall–Kier alpha value is -0.260. The van der Waals surface area contributed by atoms with Crippen molar-refractivity contribution in [2.45, 2.75) is 51.6 Å². The fourth-order valence-corrected chi connectivity index (χ4v) is 1.81. The first-order valence-electron chi connectivity index (χ1n) is 5.56. The van der Waals surface area contributed by atoms with Gasteiger partial charge in [0.1, 0.15) is 0 Å². The minimum atomic E-state index is -2.68. The van der Waals surface area contributed by atoms with Crippen molar-refractivity contribution < 1.29 is 18.3 Å². The Morgan fingerprint density at radius 3 is 2.50 bits per heavy atom. The maximum Gasteiger partial charge on any atom is 0.345 e. The number of hydrogen-bond acceptors (Lipinski definition) is 3. The Balaban J connectivity index is 2.34. The summed E-state index contributed by atoms with van der Waals surface area (Å²) in [7, 11) is 1.91. The Kier molecular flexibility index (Phi) is 4.64. The molecule has 0 aromatic carbocycles. The van der Waals surface area contributed by atoms with Crippen molar-refractivity contribution in [1.82, 2.24) is 4.90 Å². The van der Waals surface area contributed by atoms with Gasteiger partial charge in [-0.05, 0) is 34.2 Å². The highest BCUT2D eigenvalue weighted by atomic mass is 19.3. The average molecular weight is 237 g/mol. The summed E-state index contributed by atoms with van der Waals surface area (Å²) >= 11 is 0. The first-order chi connectivity index (χ1) is 7.28. The lowest BCUT2D eigenvalue weighted by atomic mass is 10.1. The van der Waals surface area contributed by atoms with Crippen LogP contribution in [0.5, 0.6) is 0 Å². The molecule has 16 heavy (non-hydrogen) atoms. The first-order valence-corrected chi connectivity index (χ1v) is 5.56. The second-order valence-electron chi connectivity index (χ2n) is 5.27. The molecular formula is C11H21F2NO2. The Morgan fingerprint density at radius 2 is 2.00 bits per heavy atom. The number of alkyl halides is 2. The second-order valence-corrected chi connectivity index (χ2v) is 5.27. The third-order valence-electron chi connectivity index (χ3n) is 2.65. The van der Waals surface area contributed by atoms with Crippen LogP contribution in [0.3, 0.4) is 0 Å². The third kappa shape index (κ3) is 4.72. The molecule has 3 nitrogen and oxygen atoms in total. The molecule has 1 saturated heterocycles. The minimum absolute atomic E-state index is 0.169. The highest BCUT2D eigenvalue weighted by molar-refractivity contribution is 4.84. The van der Waals surface area contributed by atoms with Crippen LogP contribution in [0.25, 0.3) is 0 Å². The molecule has 0 spiro atoms. The summed E-state index contributed by atoms with van der Waals surface area (Å²) in [5.74, 6) is 0. The Morgan fingerprint density at radius 1 is 1.38 bits per heavy atom. The van der Waals surface area contributed by atoms with Gasteiger partial charge in [0.25, 0.3) is 0 Å². The van der Waals surface area contributed by atoms with Crippen LogP contribution >= 0.6 is 0 Å². The normalized spacial score (nSPS) is 27.9. The van der Waals surface area contributed by atoms with E-state index in [0.717, 1.165) is 0 Å². The number of ether oxygens (including phenoxy) is 2. The van der Waals surface area contributed by atoms with Crippen molar-refractivity contribution in [2.75, 3.05) is 20.2 Å². The zero-order valence-electron chi connectivity index (χ0n) is 10.4. The molecule has 2 atom stereocenters. The van der Waals surface area contributed by atoms with Gasteiger partial charge in [0.2, 0.25) is 0 Å². The standard InChI is InChI=1S/C11H21F2NO2/c1-11(2,3)15-7-8-5-9(6-14(8)4)16-10(12)13/h8-10H,5-7H2,1-4H3/t8-,9+/m0/s1. The molecule has 1 heterocycles. The van der Waals surface area contributed by atoms with Crippen molar-refractivity contribution >= 4 is 0 Å². The lowest BCUT2D eigenvalue weighted by Crippen LogP contribution is -2.33. The summed E-state index contributed by atoms with van der Waals surface area (Å²) in [5.41, 5.74) is -0.192. The van der Waals surface area contributed by atoms with Gasteiger partial charge in [-0.3, -0.25) is 4.90 Å². The van der Waals surface area contributed by atoms with Crippen LogP contribution in [-0.2, 0) is 9.47 Å². The SMILES string of the molecule is CN1C[C@H](OC(F)F)C[C@H]1COC(C)(C)C. The largest absolute Gasteiger partial charge is 0.374 e. The summed E-state index contributed by atoms with van der Waals surface area (Å²) in [6.07, 6.45) is 0.232. The van der Waals surface area contributed by atoms with Gasteiger partial charge in [0.05, 0.1) is 18.3 Å². The average Bonchev–Trinajstić information content (AvgIpc) is 2.40. The molecular weight excluding hydrogens is 216 g/mol. The number of likely N-dealkylation sites (N-methyl/N-ethyl adjacent to an activating group) is 1. The molecule has 0 aromatic rings. The molecule has 1 rings (SSSR count). The first kappa shape index (κ1) is 13.8. The quantitative estimate of drug-likeness (QED) is 0.747. The fraction of sp³-hybridized carbons (Fsp3) is 1.00. The van der Waals surface area contributed by atoms with E-state index in [4.69, 9.17) is 4.74 Å². The molecule has 0 aromatic heterocycles. The maximum atomic E-state index is 12.0. The van der Waals surface area contributed by atoms with E-state index >= 15 is 0 Å². The molecule has 96 valence electrons. The number of hydrogen-bond donors (Lipinski definition) is 0. The van der Waals surface area contributed by atoms with Gasteiger partial charge in [-0.25, -0.2) is 0 Å². The molecule has 1 fully saturated rings. The third-order valence-corrected chi connectivity index (χ3v) is 2.65. The molecule has 5 heteroatoms. The van der Waals surface area contributed by atoms with E-state index < -0.39 is 6.61 Å². The Labute approximate surface area is 95.7 Å². The predicted molar refractivity (Wildman–Crippen MR) is 57.6 cm³/mol. The maximum absolute atomic E-state index is 12.0. The van der Waals surface area contributed by atoms with E-state index in [-0.39, 0.29) is 17.7 Å². The lowest BCUT2D eigenvalue weighted by molar-refractivity contribution is -0.158. The second kappa shape index (κ2) is 5.38. The molecule has 0 amide bonds. The molecule has 0 unspecified atom stereocenters. The van der Waals surface area contributed by atoms with Crippen LogP contribution in [0, 0.1) is 0 Å². The van der Waals surface area contributed by atoms with Gasteiger partial charge in [-0.15, -0.1) is 0 Å². The van der Waals surface area contributed by atoms with E-state index in [0.29, 0.717) is 19.6 Å². The van der Waals surface area contributed by atoms with Crippen LogP contribution in [0.4, 0.5) is 8.78 Å². The molecule has 0 bridgehead atoms. The summed E-state index contributed by atoms with van der Waals surface area (Å²) in [4.78, 5) is 2.01. The summed E-state index contributed by atoms with van der Waals surface area (Å²) in [5, 5.41) is 0. The van der Waals surface area contributed by atoms with Crippen molar-refractivity contribution in [3.63, 3.8) is 0 Å². The van der Waals surface area contributed by atoms with Crippen molar-refractivity contribution in [1.29, 1.82) is 0 Å². The molecule has 0 saturated carbocycles. The van der Waals surface area contributed by atoms with Crippen molar-refractivity contribution in [3.8, 4) is 0 Å². The number of nitrogens with zero attached hydrogens (tertiary/aromatic N) is 1. The molecule has 1 aliphatic rings. The zero-order chi connectivity index (χ0) is 12.3. The van der Waals surface area contributed by atoms with Crippen LogP contribution in [-0.4, -0.2) is 49.5 Å². The van der Waals surface area contributed by atoms with Crippen LogP contribution in [0.15, 0.2) is 0 Å². The van der Waals surface area contributed by atoms with Gasteiger partial charge in [0, 0.05) is 12.6 Å². The minimum Gasteiger partial charge on any atom is -0.374 e. The zero-order valence-corrected chi connectivity index (χ0v) is 10.4. The number of rotatable bonds is 4. The van der Waals surface area contributed by atoms with Gasteiger partial charge >= 0.3 is 6.61 Å². The molecule has 0 radical (unpaired) electrons. The molecule has 1 aliphatic heterocycles. The van der Waals surface area contributed by atoms with E-state index in [2.05, 4.69) is 4.74 Å². The van der Waals surface area contributed by atoms with E-state index in [1.54, 1.807) is 0 Å². The number of halogens is 2. The van der Waals surface area contributed by atoms with Crippen LogP contribution < -0.4 is 0 Å². The summed E-state index contributed by atoms with van der Waals surface area (Å²) in [6, 6.07) is 0.169. The molecule has 0 N–H and O–H groups in total. The molecule has 0 aliphatic carbocycles. The lowest BCUT2D eigenvalue weighted by Gasteiger charge is -2.25. The Bertz CT molecular complexity index is 219. The number of likely N-dealkylation sites (tertiary alicyclic amines) is 1. The van der Waals surface area contributed by atoms with Gasteiger partial charge < -0.3 is 9.47 Å². The highest BCUT2D eigenvalue weighted by Gasteiger charge is 2.32. The summed E-state index contributed by atoms with van der Waals surface area (Å²) in [6.45, 7) is 4.37. The van der Waals surface area contributed by atoms with Crippen molar-refractivity contribution in [2.24, 2.45) is 0 Å². The monoisotopic (exact) mass is 237 g/mol.